The lowest BCUT2D eigenvalue weighted by molar-refractivity contribution is -0.143. The summed E-state index contributed by atoms with van der Waals surface area (Å²) in [5.74, 6) is -1.17. The van der Waals surface area contributed by atoms with E-state index in [1.807, 2.05) is 57.5 Å². The molecule has 0 unspecified atom stereocenters. The van der Waals surface area contributed by atoms with Crippen LogP contribution in [0.25, 0.3) is 21.6 Å². The third-order valence-corrected chi connectivity index (χ3v) is 13.8. The number of rotatable bonds is 17. The summed E-state index contributed by atoms with van der Waals surface area (Å²) >= 11 is 7.23. The lowest BCUT2D eigenvalue weighted by Crippen LogP contribution is -2.56. The number of nitrogens with one attached hydrogen (secondary N) is 1. The number of ketones is 1. The third-order valence-electron chi connectivity index (χ3n) is 12.5. The summed E-state index contributed by atoms with van der Waals surface area (Å²) in [6.45, 7) is 11.0. The number of thiazole rings is 1. The van der Waals surface area contributed by atoms with Crippen molar-refractivity contribution in [3.63, 3.8) is 0 Å². The van der Waals surface area contributed by atoms with Crippen molar-refractivity contribution < 1.29 is 46.9 Å². The molecule has 4 heterocycles. The van der Waals surface area contributed by atoms with Crippen molar-refractivity contribution in [3.05, 3.63) is 113 Å². The summed E-state index contributed by atoms with van der Waals surface area (Å²) < 4.78 is 52.7. The van der Waals surface area contributed by atoms with Crippen molar-refractivity contribution in [1.29, 1.82) is 5.26 Å². The zero-order valence-corrected chi connectivity index (χ0v) is 41.7. The number of amides is 3. The number of anilines is 2. The lowest BCUT2D eigenvalue weighted by Gasteiger charge is -2.35. The predicted octanol–water partition coefficient (Wildman–Crippen LogP) is 8.47. The number of carbonyl (C=O) groups is 4. The van der Waals surface area contributed by atoms with Gasteiger partial charge < -0.3 is 29.7 Å². The van der Waals surface area contributed by atoms with Crippen LogP contribution in [0, 0.1) is 23.7 Å². The van der Waals surface area contributed by atoms with E-state index in [0.29, 0.717) is 18.0 Å². The summed E-state index contributed by atoms with van der Waals surface area (Å²) in [5.41, 5.74) is 3.10. The summed E-state index contributed by atoms with van der Waals surface area (Å²) in [5, 5.41) is 22.7. The Morgan fingerprint density at radius 3 is 2.24 bits per heavy atom. The topological polar surface area (TPSA) is 178 Å². The highest BCUT2D eigenvalue weighted by atomic mass is 32.1. The Hall–Kier alpha value is -6.59. The Labute approximate surface area is 419 Å². The molecule has 71 heavy (non-hydrogen) atoms. The molecule has 2 saturated heterocycles. The molecule has 3 aromatic carbocycles. The van der Waals surface area contributed by atoms with Crippen molar-refractivity contribution in [3.8, 4) is 33.5 Å². The van der Waals surface area contributed by atoms with E-state index in [1.54, 1.807) is 78.7 Å². The van der Waals surface area contributed by atoms with Crippen LogP contribution in [-0.4, -0.2) is 98.7 Å². The highest BCUT2D eigenvalue weighted by Crippen LogP contribution is 2.40. The number of aryl methyl sites for hydroxylation is 2. The van der Waals surface area contributed by atoms with Gasteiger partial charge in [0.15, 0.2) is 10.9 Å². The maximum atomic E-state index is 14.0. The van der Waals surface area contributed by atoms with Crippen molar-refractivity contribution in [2.75, 3.05) is 36.2 Å². The van der Waals surface area contributed by atoms with Crippen LogP contribution < -0.4 is 19.9 Å². The molecule has 2 aromatic heterocycles. The van der Waals surface area contributed by atoms with Crippen LogP contribution >= 0.6 is 23.6 Å². The molecule has 5 aromatic rings. The van der Waals surface area contributed by atoms with Crippen LogP contribution in [0.15, 0.2) is 90.6 Å². The Bertz CT molecular complexity index is 2820. The quantitative estimate of drug-likeness (QED) is 0.0672. The van der Waals surface area contributed by atoms with Crippen molar-refractivity contribution >= 4 is 63.5 Å². The van der Waals surface area contributed by atoms with Gasteiger partial charge in [0, 0.05) is 49.3 Å². The van der Waals surface area contributed by atoms with Gasteiger partial charge in [0.25, 0.3) is 5.91 Å². The minimum atomic E-state index is -4.81. The van der Waals surface area contributed by atoms with Gasteiger partial charge in [0.1, 0.15) is 18.2 Å². The lowest BCUT2D eigenvalue weighted by atomic mass is 9.85. The first-order valence-electron chi connectivity index (χ1n) is 23.0. The van der Waals surface area contributed by atoms with Crippen LogP contribution in [-0.2, 0) is 36.5 Å². The molecule has 2 N–H and O–H groups in total. The van der Waals surface area contributed by atoms with E-state index in [0.717, 1.165) is 49.9 Å². The molecule has 19 heteroatoms. The molecule has 2 aliphatic heterocycles. The molecule has 0 bridgehead atoms. The largest absolute Gasteiger partial charge is 0.475 e. The fourth-order valence-corrected chi connectivity index (χ4v) is 9.95. The predicted molar refractivity (Wildman–Crippen MR) is 267 cm³/mol. The van der Waals surface area contributed by atoms with Crippen molar-refractivity contribution in [2.24, 2.45) is 5.41 Å². The molecule has 0 spiro atoms. The number of alkyl halides is 3. The molecule has 372 valence electrons. The van der Waals surface area contributed by atoms with E-state index < -0.39 is 64.2 Å². The molecule has 0 saturated carbocycles. The van der Waals surface area contributed by atoms with E-state index in [4.69, 9.17) is 21.7 Å². The van der Waals surface area contributed by atoms with Gasteiger partial charge in [-0.25, -0.2) is 9.97 Å². The van der Waals surface area contributed by atoms with Crippen molar-refractivity contribution in [1.82, 2.24) is 20.2 Å². The minimum Gasteiger partial charge on any atom is -0.475 e. The van der Waals surface area contributed by atoms with Gasteiger partial charge in [-0.1, -0.05) is 57.2 Å². The standard InChI is InChI=1S/C52H54F3N7O7S2/c1-31-45(71-30-58-31)34-10-7-32(8-11-34)9-19-42(64)41-26-39(63)29-60(41)47(66)46(50(2,3)4)59-43(65)21-22-68-23-24-69-44-20-15-36(28-57-44)33-12-16-37(17-13-33)62-49(70)61(48(67)51(62,5)6)38-18-14-35(27-56)40(25-38)52(53,54)55/h7-8,10-18,20,25,28,30,39,41,46,63H,9,19,21-24,26,29H2,1-6H3,(H,59,65)/t39-,41+,46-/m1/s1. The van der Waals surface area contributed by atoms with E-state index in [-0.39, 0.29) is 62.2 Å². The maximum Gasteiger partial charge on any atom is 0.417 e. The van der Waals surface area contributed by atoms with Gasteiger partial charge in [-0.2, -0.15) is 18.4 Å². The fraction of sp³-hybridized carbons (Fsp3) is 0.385. The highest BCUT2D eigenvalue weighted by Gasteiger charge is 2.51. The second-order valence-electron chi connectivity index (χ2n) is 19.0. The van der Waals surface area contributed by atoms with Crippen molar-refractivity contribution in [2.45, 2.75) is 97.1 Å². The summed E-state index contributed by atoms with van der Waals surface area (Å²) in [6, 6.07) is 21.4. The van der Waals surface area contributed by atoms with Gasteiger partial charge >= 0.3 is 6.18 Å². The number of benzene rings is 3. The zero-order chi connectivity index (χ0) is 51.4. The Morgan fingerprint density at radius 1 is 0.944 bits per heavy atom. The third kappa shape index (κ3) is 11.8. The van der Waals surface area contributed by atoms with Crippen LogP contribution in [0.3, 0.4) is 0 Å². The number of likely N-dealkylation sites (tertiary alicyclic amines) is 1. The molecular weight excluding hydrogens is 956 g/mol. The SMILES string of the molecule is Cc1ncsc1-c1ccc(CCC(=O)[C@@H]2C[C@@H](O)CN2C(=O)[C@@H](NC(=O)CCOCCOc2ccc(-c3ccc(N4C(=S)N(c5ccc(C#N)c(C(F)(F)F)c5)C(=O)C4(C)C)cc3)cn2)C(C)(C)C)cc1. The molecule has 3 atom stereocenters. The number of β-amino-alcohol motifs (C(OH)–C–C–N with tert-alkyl or cyclic N) is 1. The molecule has 7 rings (SSSR count). The number of Topliss-reactive ketones (excluding diaryl/α,β-unsaturated/α-hetero) is 1. The maximum absolute atomic E-state index is 14.0. The molecule has 2 aliphatic rings. The second-order valence-corrected chi connectivity index (χ2v) is 20.2. The molecule has 14 nitrogen and oxygen atoms in total. The summed E-state index contributed by atoms with van der Waals surface area (Å²) in [4.78, 5) is 68.2. The Balaban J connectivity index is 0.860. The minimum absolute atomic E-state index is 0.00204. The number of pyridine rings is 1. The van der Waals surface area contributed by atoms with E-state index in [2.05, 4.69) is 15.3 Å². The van der Waals surface area contributed by atoms with Gasteiger partial charge in [0.2, 0.25) is 17.7 Å². The molecular formula is C52H54F3N7O7S2. The number of thiocarbonyl (C=S) groups is 1. The number of nitriles is 1. The zero-order valence-electron chi connectivity index (χ0n) is 40.1. The second kappa shape index (κ2) is 21.4. The number of ether oxygens (including phenoxy) is 2. The van der Waals surface area contributed by atoms with Crippen LogP contribution in [0.5, 0.6) is 5.88 Å². The number of aliphatic hydroxyl groups is 1. The van der Waals surface area contributed by atoms with Crippen LogP contribution in [0.1, 0.15) is 76.3 Å². The molecule has 3 amide bonds. The average Bonchev–Trinajstić information content (AvgIpc) is 4.00. The summed E-state index contributed by atoms with van der Waals surface area (Å²) in [7, 11) is 0. The van der Waals surface area contributed by atoms with Crippen LogP contribution in [0.4, 0.5) is 24.5 Å². The van der Waals surface area contributed by atoms with Gasteiger partial charge in [-0.15, -0.1) is 11.3 Å². The Morgan fingerprint density at radius 2 is 1.62 bits per heavy atom. The number of aromatic nitrogens is 2. The first-order chi connectivity index (χ1) is 33.6. The number of halogens is 3. The number of carbonyl (C=O) groups excluding carboxylic acids is 4. The first-order valence-corrected chi connectivity index (χ1v) is 24.2. The van der Waals surface area contributed by atoms with Crippen LogP contribution in [0.2, 0.25) is 0 Å². The van der Waals surface area contributed by atoms with Gasteiger partial charge in [-0.05, 0) is 97.9 Å². The number of nitrogens with zero attached hydrogens (tertiary/aromatic N) is 6. The Kier molecular flexibility index (Phi) is 15.8. The number of aliphatic hydroxyl groups excluding tert-OH is 1. The highest BCUT2D eigenvalue weighted by molar-refractivity contribution is 7.81. The molecule has 0 aliphatic carbocycles. The smallest absolute Gasteiger partial charge is 0.417 e. The fourth-order valence-electron chi connectivity index (χ4n) is 8.62. The normalized spacial score (nSPS) is 17.3. The number of hydrogen-bond donors (Lipinski definition) is 2. The van der Waals surface area contributed by atoms with E-state index >= 15 is 0 Å². The van der Waals surface area contributed by atoms with E-state index in [1.165, 1.54) is 11.0 Å². The summed E-state index contributed by atoms with van der Waals surface area (Å²) in [6.07, 6.45) is -3.28. The number of hydrogen-bond acceptors (Lipinski definition) is 12. The molecule has 0 radical (unpaired) electrons. The van der Waals surface area contributed by atoms with E-state index in [9.17, 15) is 42.7 Å². The first kappa shape index (κ1) is 52.2. The van der Waals surface area contributed by atoms with Gasteiger partial charge in [0.05, 0.1) is 64.3 Å². The monoisotopic (exact) mass is 1010 g/mol. The molecule has 2 fully saturated rings. The van der Waals surface area contributed by atoms with Gasteiger partial charge in [-0.3, -0.25) is 24.1 Å². The average molecular weight is 1010 g/mol.